The summed E-state index contributed by atoms with van der Waals surface area (Å²) in [5.41, 5.74) is 4.87. The second-order valence-corrected chi connectivity index (χ2v) is 6.44. The lowest BCUT2D eigenvalue weighted by atomic mass is 9.96. The Hall–Kier alpha value is -0.820. The minimum Gasteiger partial charge on any atom is -0.398 e. The first-order chi connectivity index (χ1) is 8.82. The molecule has 1 rings (SSSR count). The molecule has 0 bridgehead atoms. The highest BCUT2D eigenvalue weighted by Crippen LogP contribution is 2.29. The first kappa shape index (κ1) is 16.2. The summed E-state index contributed by atoms with van der Waals surface area (Å²) in [6.45, 7) is 3.32. The molecule has 0 amide bonds. The van der Waals surface area contributed by atoms with Crippen molar-refractivity contribution in [2.75, 3.05) is 12.3 Å². The van der Waals surface area contributed by atoms with E-state index in [0.29, 0.717) is 12.8 Å². The normalized spacial score (nSPS) is 12.6. The first-order valence-corrected chi connectivity index (χ1v) is 7.87. The molecule has 0 saturated heterocycles. The van der Waals surface area contributed by atoms with Crippen molar-refractivity contribution >= 4 is 27.3 Å². The maximum atomic E-state index is 12.4. The molecule has 4 N–H and O–H groups in total. The molecule has 1 aromatic carbocycles. The number of rotatable bonds is 6. The molecule has 0 radical (unpaired) electrons. The lowest BCUT2D eigenvalue weighted by Gasteiger charge is -2.30. The van der Waals surface area contributed by atoms with E-state index in [4.69, 9.17) is 17.3 Å². The van der Waals surface area contributed by atoms with Gasteiger partial charge in [-0.3, -0.25) is 0 Å². The van der Waals surface area contributed by atoms with Crippen LogP contribution in [0.15, 0.2) is 23.1 Å². The van der Waals surface area contributed by atoms with Gasteiger partial charge in [0.25, 0.3) is 0 Å². The summed E-state index contributed by atoms with van der Waals surface area (Å²) in [5.74, 6) is 0. The van der Waals surface area contributed by atoms with Gasteiger partial charge in [0.2, 0.25) is 10.0 Å². The zero-order valence-corrected chi connectivity index (χ0v) is 12.6. The number of anilines is 1. The highest BCUT2D eigenvalue weighted by Gasteiger charge is 2.33. The maximum absolute atomic E-state index is 12.4. The number of aliphatic hydroxyl groups excluding tert-OH is 1. The number of hydrogen-bond donors (Lipinski definition) is 3. The fourth-order valence-electron chi connectivity index (χ4n) is 1.80. The summed E-state index contributed by atoms with van der Waals surface area (Å²) >= 11 is 5.91. The van der Waals surface area contributed by atoms with Crippen LogP contribution in [0.25, 0.3) is 0 Å². The molecule has 0 spiro atoms. The van der Waals surface area contributed by atoms with E-state index in [1.165, 1.54) is 12.1 Å². The van der Waals surface area contributed by atoms with E-state index in [1.54, 1.807) is 19.9 Å². The van der Waals surface area contributed by atoms with Crippen LogP contribution in [0.1, 0.15) is 26.7 Å². The Morgan fingerprint density at radius 3 is 2.37 bits per heavy atom. The SMILES string of the molecule is CCC(CC)(CO)NS(=O)(=O)c1c(N)cccc1Cl. The van der Waals surface area contributed by atoms with Gasteiger partial charge in [0, 0.05) is 0 Å². The third-order valence-corrected chi connectivity index (χ3v) is 5.40. The number of benzene rings is 1. The molecule has 0 aliphatic heterocycles. The third-order valence-electron chi connectivity index (χ3n) is 3.27. The van der Waals surface area contributed by atoms with E-state index in [1.807, 2.05) is 0 Å². The standard InChI is InChI=1S/C12H19ClN2O3S/c1-3-12(4-2,8-16)15-19(17,18)11-9(13)6-5-7-10(11)14/h5-7,15-16H,3-4,8,14H2,1-2H3. The van der Waals surface area contributed by atoms with E-state index in [2.05, 4.69) is 4.72 Å². The Bertz CT molecular complexity index is 513. The van der Waals surface area contributed by atoms with Crippen molar-refractivity contribution in [3.8, 4) is 0 Å². The molecule has 19 heavy (non-hydrogen) atoms. The number of aliphatic hydroxyl groups is 1. The summed E-state index contributed by atoms with van der Waals surface area (Å²) in [6.07, 6.45) is 0.924. The second kappa shape index (κ2) is 6.09. The molecule has 0 fully saturated rings. The van der Waals surface area contributed by atoms with Gasteiger partial charge in [-0.15, -0.1) is 0 Å². The van der Waals surface area contributed by atoms with Gasteiger partial charge >= 0.3 is 0 Å². The molecular formula is C12H19ClN2O3S. The van der Waals surface area contributed by atoms with Crippen LogP contribution in [0.4, 0.5) is 5.69 Å². The zero-order valence-electron chi connectivity index (χ0n) is 11.0. The number of halogens is 1. The van der Waals surface area contributed by atoms with Gasteiger partial charge in [-0.1, -0.05) is 31.5 Å². The third kappa shape index (κ3) is 3.39. The Morgan fingerprint density at radius 1 is 1.37 bits per heavy atom. The topological polar surface area (TPSA) is 92.4 Å². The lowest BCUT2D eigenvalue weighted by molar-refractivity contribution is 0.172. The van der Waals surface area contributed by atoms with Gasteiger partial charge in [0.15, 0.2) is 0 Å². The molecule has 0 aliphatic rings. The van der Waals surface area contributed by atoms with Crippen molar-refractivity contribution in [1.82, 2.24) is 4.72 Å². The molecular weight excluding hydrogens is 288 g/mol. The van der Waals surface area contributed by atoms with Crippen LogP contribution in [-0.2, 0) is 10.0 Å². The van der Waals surface area contributed by atoms with E-state index in [9.17, 15) is 13.5 Å². The highest BCUT2D eigenvalue weighted by atomic mass is 35.5. The van der Waals surface area contributed by atoms with Crippen LogP contribution in [0, 0.1) is 0 Å². The summed E-state index contributed by atoms with van der Waals surface area (Å²) in [4.78, 5) is -0.142. The fraction of sp³-hybridized carbons (Fsp3) is 0.500. The van der Waals surface area contributed by atoms with E-state index in [0.717, 1.165) is 0 Å². The van der Waals surface area contributed by atoms with Crippen LogP contribution in [0.2, 0.25) is 5.02 Å². The van der Waals surface area contributed by atoms with E-state index >= 15 is 0 Å². The van der Waals surface area contributed by atoms with Crippen LogP contribution < -0.4 is 10.5 Å². The van der Waals surface area contributed by atoms with Crippen LogP contribution >= 0.6 is 11.6 Å². The Morgan fingerprint density at radius 2 is 1.95 bits per heavy atom. The van der Waals surface area contributed by atoms with Crippen molar-refractivity contribution in [3.63, 3.8) is 0 Å². The van der Waals surface area contributed by atoms with E-state index in [-0.39, 0.29) is 22.2 Å². The molecule has 5 nitrogen and oxygen atoms in total. The quantitative estimate of drug-likeness (QED) is 0.698. The summed E-state index contributed by atoms with van der Waals surface area (Å²) in [5, 5.41) is 9.50. The first-order valence-electron chi connectivity index (χ1n) is 6.00. The van der Waals surface area contributed by atoms with Gasteiger partial charge in [0.1, 0.15) is 4.90 Å². The van der Waals surface area contributed by atoms with Gasteiger partial charge in [-0.2, -0.15) is 0 Å². The number of nitrogens with two attached hydrogens (primary N) is 1. The molecule has 108 valence electrons. The summed E-state index contributed by atoms with van der Waals surface area (Å²) in [7, 11) is -3.88. The van der Waals surface area contributed by atoms with Crippen molar-refractivity contribution in [3.05, 3.63) is 23.2 Å². The summed E-state index contributed by atoms with van der Waals surface area (Å²) < 4.78 is 27.3. The van der Waals surface area contributed by atoms with E-state index < -0.39 is 15.6 Å². The van der Waals surface area contributed by atoms with Gasteiger partial charge in [-0.25, -0.2) is 13.1 Å². The predicted octanol–water partition coefficient (Wildman–Crippen LogP) is 1.75. The average Bonchev–Trinajstić information content (AvgIpc) is 2.35. The number of nitrogens with one attached hydrogen (secondary N) is 1. The number of sulfonamides is 1. The zero-order chi connectivity index (χ0) is 14.7. The van der Waals surface area contributed by atoms with Crippen LogP contribution in [0.5, 0.6) is 0 Å². The molecule has 0 unspecified atom stereocenters. The minimum atomic E-state index is -3.88. The Labute approximate surface area is 118 Å². The smallest absolute Gasteiger partial charge is 0.244 e. The Balaban J connectivity index is 3.26. The monoisotopic (exact) mass is 306 g/mol. The summed E-state index contributed by atoms with van der Waals surface area (Å²) in [6, 6.07) is 4.51. The van der Waals surface area contributed by atoms with Crippen molar-refractivity contribution in [2.24, 2.45) is 0 Å². The number of hydrogen-bond acceptors (Lipinski definition) is 4. The van der Waals surface area contributed by atoms with Crippen molar-refractivity contribution in [2.45, 2.75) is 37.1 Å². The largest absolute Gasteiger partial charge is 0.398 e. The predicted molar refractivity (Wildman–Crippen MR) is 76.6 cm³/mol. The number of nitrogen functional groups attached to an aromatic ring is 1. The molecule has 1 aromatic rings. The van der Waals surface area contributed by atoms with Crippen LogP contribution in [0.3, 0.4) is 0 Å². The molecule has 0 atom stereocenters. The van der Waals surface area contributed by atoms with Crippen molar-refractivity contribution in [1.29, 1.82) is 0 Å². The molecule has 7 heteroatoms. The van der Waals surface area contributed by atoms with Crippen molar-refractivity contribution < 1.29 is 13.5 Å². The fourth-order valence-corrected chi connectivity index (χ4v) is 4.01. The molecule has 0 saturated carbocycles. The highest BCUT2D eigenvalue weighted by molar-refractivity contribution is 7.89. The molecule has 0 aromatic heterocycles. The van der Waals surface area contributed by atoms with Gasteiger partial charge < -0.3 is 10.8 Å². The molecule has 0 aliphatic carbocycles. The maximum Gasteiger partial charge on any atom is 0.244 e. The second-order valence-electron chi connectivity index (χ2n) is 4.41. The Kier molecular flexibility index (Phi) is 5.20. The lowest BCUT2D eigenvalue weighted by Crippen LogP contribution is -2.50. The average molecular weight is 307 g/mol. The van der Waals surface area contributed by atoms with Gasteiger partial charge in [-0.05, 0) is 25.0 Å². The van der Waals surface area contributed by atoms with Crippen LogP contribution in [-0.4, -0.2) is 25.7 Å². The minimum absolute atomic E-state index is 0.0616. The molecule has 0 heterocycles. The van der Waals surface area contributed by atoms with Gasteiger partial charge in [0.05, 0.1) is 22.9 Å².